The van der Waals surface area contributed by atoms with Crippen molar-refractivity contribution in [1.82, 2.24) is 4.90 Å². The van der Waals surface area contributed by atoms with Gasteiger partial charge in [0.2, 0.25) is 0 Å². The van der Waals surface area contributed by atoms with Gasteiger partial charge in [-0.3, -0.25) is 4.79 Å². The molecule has 0 aromatic rings. The molecule has 0 N–H and O–H groups in total. The van der Waals surface area contributed by atoms with Crippen LogP contribution in [0.15, 0.2) is 11.8 Å². The number of ketones is 1. The smallest absolute Gasteiger partial charge is 0.166 e. The monoisotopic (exact) mass is 209 g/mol. The molecule has 0 unspecified atom stereocenters. The summed E-state index contributed by atoms with van der Waals surface area (Å²) in [6, 6.07) is 0. The molecular weight excluding hydrogens is 190 g/mol. The molecule has 1 spiro atoms. The lowest BCUT2D eigenvalue weighted by molar-refractivity contribution is -0.127. The lowest BCUT2D eigenvalue weighted by atomic mass is 9.78. The zero-order valence-electron chi connectivity index (χ0n) is 9.58. The van der Waals surface area contributed by atoms with Crippen LogP contribution in [0.1, 0.15) is 25.7 Å². The molecule has 15 heavy (non-hydrogen) atoms. The quantitative estimate of drug-likeness (QED) is 0.614. The normalized spacial score (nSPS) is 27.6. The van der Waals surface area contributed by atoms with E-state index in [1.54, 1.807) is 0 Å². The first-order valence-electron chi connectivity index (χ1n) is 5.64. The van der Waals surface area contributed by atoms with Gasteiger partial charge in [-0.1, -0.05) is 0 Å². The van der Waals surface area contributed by atoms with E-state index >= 15 is 0 Å². The van der Waals surface area contributed by atoms with Gasteiger partial charge in [0.1, 0.15) is 0 Å². The largest absolute Gasteiger partial charge is 0.383 e. The molecule has 0 amide bonds. The van der Waals surface area contributed by atoms with Crippen LogP contribution in [0.25, 0.3) is 0 Å². The summed E-state index contributed by atoms with van der Waals surface area (Å²) in [5.41, 5.74) is 0.932. The van der Waals surface area contributed by atoms with E-state index in [-0.39, 0.29) is 5.41 Å². The van der Waals surface area contributed by atoms with Crippen LogP contribution in [0, 0.1) is 5.41 Å². The summed E-state index contributed by atoms with van der Waals surface area (Å²) >= 11 is 0. The van der Waals surface area contributed by atoms with Crippen LogP contribution in [-0.4, -0.2) is 38.0 Å². The molecule has 1 saturated heterocycles. The van der Waals surface area contributed by atoms with Crippen molar-refractivity contribution in [3.63, 3.8) is 0 Å². The summed E-state index contributed by atoms with van der Waals surface area (Å²) < 4.78 is 5.34. The molecule has 2 fully saturated rings. The van der Waals surface area contributed by atoms with Gasteiger partial charge in [0.05, 0.1) is 0 Å². The maximum atomic E-state index is 12.3. The Hall–Kier alpha value is -0.830. The van der Waals surface area contributed by atoms with E-state index in [0.29, 0.717) is 5.78 Å². The molecule has 0 bridgehead atoms. The highest BCUT2D eigenvalue weighted by molar-refractivity contribution is 6.02. The van der Waals surface area contributed by atoms with Gasteiger partial charge in [0.15, 0.2) is 5.78 Å². The van der Waals surface area contributed by atoms with Crippen molar-refractivity contribution in [2.24, 2.45) is 5.41 Å². The first kappa shape index (κ1) is 10.7. The van der Waals surface area contributed by atoms with Gasteiger partial charge in [0, 0.05) is 44.5 Å². The highest BCUT2D eigenvalue weighted by Crippen LogP contribution is 2.45. The Morgan fingerprint density at radius 3 is 2.53 bits per heavy atom. The van der Waals surface area contributed by atoms with Crippen LogP contribution in [-0.2, 0) is 9.53 Å². The summed E-state index contributed by atoms with van der Waals surface area (Å²) in [5.74, 6) is 0.375. The lowest BCUT2D eigenvalue weighted by Crippen LogP contribution is -2.33. The number of carbonyl (C=O) groups is 1. The van der Waals surface area contributed by atoms with Crippen LogP contribution in [0.4, 0.5) is 0 Å². The average Bonchev–Trinajstić information content (AvgIpc) is 2.48. The Labute approximate surface area is 91.1 Å². The fraction of sp³-hybridized carbons (Fsp3) is 0.750. The minimum Gasteiger partial charge on any atom is -0.383 e. The second-order valence-electron chi connectivity index (χ2n) is 4.84. The van der Waals surface area contributed by atoms with Gasteiger partial charge in [-0.2, -0.15) is 0 Å². The molecule has 3 nitrogen and oxygen atoms in total. The molecule has 0 radical (unpaired) electrons. The van der Waals surface area contributed by atoms with E-state index in [1.807, 2.05) is 25.2 Å². The van der Waals surface area contributed by atoms with E-state index in [2.05, 4.69) is 0 Å². The molecule has 1 saturated carbocycles. The van der Waals surface area contributed by atoms with Gasteiger partial charge >= 0.3 is 0 Å². The van der Waals surface area contributed by atoms with E-state index in [1.165, 1.54) is 0 Å². The van der Waals surface area contributed by atoms with E-state index in [9.17, 15) is 4.79 Å². The second kappa shape index (κ2) is 3.97. The zero-order valence-corrected chi connectivity index (χ0v) is 9.58. The highest BCUT2D eigenvalue weighted by atomic mass is 16.5. The van der Waals surface area contributed by atoms with Crippen molar-refractivity contribution >= 4 is 5.78 Å². The number of hydrogen-bond acceptors (Lipinski definition) is 3. The molecule has 0 aromatic carbocycles. The number of rotatable bonds is 1. The Bertz CT molecular complexity index is 288. The van der Waals surface area contributed by atoms with Crippen molar-refractivity contribution in [3.05, 3.63) is 11.8 Å². The summed E-state index contributed by atoms with van der Waals surface area (Å²) in [6.07, 6.45) is 5.77. The van der Waals surface area contributed by atoms with Gasteiger partial charge in [0.25, 0.3) is 0 Å². The molecule has 1 aliphatic heterocycles. The van der Waals surface area contributed by atoms with Gasteiger partial charge in [-0.05, 0) is 25.7 Å². The Kier molecular flexibility index (Phi) is 2.83. The molecule has 84 valence electrons. The maximum absolute atomic E-state index is 12.3. The molecule has 1 aliphatic carbocycles. The summed E-state index contributed by atoms with van der Waals surface area (Å²) in [4.78, 5) is 14.2. The predicted molar refractivity (Wildman–Crippen MR) is 58.5 cm³/mol. The van der Waals surface area contributed by atoms with Crippen LogP contribution in [0.3, 0.4) is 0 Å². The number of allylic oxidation sites excluding steroid dienone is 1. The predicted octanol–water partition coefficient (Wildman–Crippen LogP) is 1.59. The summed E-state index contributed by atoms with van der Waals surface area (Å²) in [5, 5.41) is 0. The van der Waals surface area contributed by atoms with Gasteiger partial charge < -0.3 is 9.64 Å². The Morgan fingerprint density at radius 1 is 1.27 bits per heavy atom. The molecule has 2 rings (SSSR count). The van der Waals surface area contributed by atoms with E-state index in [0.717, 1.165) is 44.5 Å². The molecule has 1 heterocycles. The number of ether oxygens (including phenoxy) is 1. The maximum Gasteiger partial charge on any atom is 0.166 e. The molecule has 2 aliphatic rings. The van der Waals surface area contributed by atoms with Gasteiger partial charge in [-0.25, -0.2) is 0 Å². The summed E-state index contributed by atoms with van der Waals surface area (Å²) in [6.45, 7) is 1.50. The first-order chi connectivity index (χ1) is 7.14. The molecule has 3 heteroatoms. The van der Waals surface area contributed by atoms with Crippen LogP contribution in [0.2, 0.25) is 0 Å². The van der Waals surface area contributed by atoms with E-state index < -0.39 is 0 Å². The van der Waals surface area contributed by atoms with Crippen molar-refractivity contribution < 1.29 is 9.53 Å². The topological polar surface area (TPSA) is 29.5 Å². The number of Topliss-reactive ketones (excluding diaryl/α,β-unsaturated/α-hetero) is 1. The minimum atomic E-state index is -0.0694. The average molecular weight is 209 g/mol. The lowest BCUT2D eigenvalue weighted by Gasteiger charge is -2.31. The third-order valence-corrected chi connectivity index (χ3v) is 3.51. The van der Waals surface area contributed by atoms with Crippen molar-refractivity contribution in [1.29, 1.82) is 0 Å². The highest BCUT2D eigenvalue weighted by Gasteiger charge is 2.45. The number of hydrogen-bond donors (Lipinski definition) is 0. The minimum absolute atomic E-state index is 0.0694. The first-order valence-corrected chi connectivity index (χ1v) is 5.64. The standard InChI is InChI=1S/C12H19NO2/c1-13(2)9-10-3-4-12(11(10)14)5-7-15-8-6-12/h9H,3-8H2,1-2H3/b10-9+. The summed E-state index contributed by atoms with van der Waals surface area (Å²) in [7, 11) is 3.94. The third-order valence-electron chi connectivity index (χ3n) is 3.51. The Morgan fingerprint density at radius 2 is 1.93 bits per heavy atom. The number of carbonyl (C=O) groups excluding carboxylic acids is 1. The molecular formula is C12H19NO2. The fourth-order valence-electron chi connectivity index (χ4n) is 2.62. The van der Waals surface area contributed by atoms with Gasteiger partial charge in [-0.15, -0.1) is 0 Å². The SMILES string of the molecule is CN(C)/C=C1\CCC2(CCOCC2)C1=O. The fourth-order valence-corrected chi connectivity index (χ4v) is 2.62. The van der Waals surface area contributed by atoms with Crippen LogP contribution >= 0.6 is 0 Å². The van der Waals surface area contributed by atoms with Crippen LogP contribution in [0.5, 0.6) is 0 Å². The number of nitrogens with zero attached hydrogens (tertiary/aromatic N) is 1. The third kappa shape index (κ3) is 1.93. The second-order valence-corrected chi connectivity index (χ2v) is 4.84. The zero-order chi connectivity index (χ0) is 10.9. The van der Waals surface area contributed by atoms with Crippen molar-refractivity contribution in [3.8, 4) is 0 Å². The van der Waals surface area contributed by atoms with E-state index in [4.69, 9.17) is 4.74 Å². The van der Waals surface area contributed by atoms with Crippen molar-refractivity contribution in [2.75, 3.05) is 27.3 Å². The molecule has 0 atom stereocenters. The Balaban J connectivity index is 2.15. The van der Waals surface area contributed by atoms with Crippen LogP contribution < -0.4 is 0 Å². The van der Waals surface area contributed by atoms with Crippen molar-refractivity contribution in [2.45, 2.75) is 25.7 Å². The molecule has 0 aromatic heterocycles.